The van der Waals surface area contributed by atoms with Gasteiger partial charge in [0, 0.05) is 37.4 Å². The normalized spacial score (nSPS) is 20.4. The molecule has 1 fully saturated rings. The summed E-state index contributed by atoms with van der Waals surface area (Å²) < 4.78 is 8.28. The first kappa shape index (κ1) is 15.0. The van der Waals surface area contributed by atoms with Crippen LogP contribution in [0, 0.1) is 5.41 Å². The molecule has 2 N–H and O–H groups in total. The number of nitrogens with zero attached hydrogens (tertiary/aromatic N) is 2. The van der Waals surface area contributed by atoms with Gasteiger partial charge in [0.15, 0.2) is 0 Å². The van der Waals surface area contributed by atoms with Gasteiger partial charge < -0.3 is 15.2 Å². The lowest BCUT2D eigenvalue weighted by atomic mass is 9.81. The number of aliphatic hydroxyl groups is 1. The number of aliphatic hydroxyl groups excluding tert-OH is 1. The highest BCUT2D eigenvalue weighted by molar-refractivity contribution is 9.10. The summed E-state index contributed by atoms with van der Waals surface area (Å²) in [5.74, 6) is 0. The van der Waals surface area contributed by atoms with Crippen molar-refractivity contribution in [2.45, 2.75) is 32.4 Å². The van der Waals surface area contributed by atoms with Gasteiger partial charge >= 0.3 is 0 Å². The summed E-state index contributed by atoms with van der Waals surface area (Å²) in [5.41, 5.74) is -0.0167. The van der Waals surface area contributed by atoms with E-state index in [2.05, 4.69) is 33.3 Å². The molecule has 1 aliphatic rings. The summed E-state index contributed by atoms with van der Waals surface area (Å²) in [5, 5.41) is 17.4. The van der Waals surface area contributed by atoms with Crippen molar-refractivity contribution in [3.05, 3.63) is 16.9 Å². The van der Waals surface area contributed by atoms with Crippen LogP contribution in [0.15, 0.2) is 16.9 Å². The molecule has 0 saturated carbocycles. The molecule has 1 atom stereocenters. The molecule has 108 valence electrons. The van der Waals surface area contributed by atoms with Gasteiger partial charge in [0.2, 0.25) is 0 Å². The zero-order valence-electron chi connectivity index (χ0n) is 11.3. The molecule has 6 heteroatoms. The van der Waals surface area contributed by atoms with Crippen molar-refractivity contribution in [2.24, 2.45) is 5.41 Å². The molecule has 0 radical (unpaired) electrons. The van der Waals surface area contributed by atoms with Gasteiger partial charge in [0.05, 0.1) is 23.8 Å². The summed E-state index contributed by atoms with van der Waals surface area (Å²) in [6.07, 6.45) is 5.61. The summed E-state index contributed by atoms with van der Waals surface area (Å²) in [7, 11) is 0. The van der Waals surface area contributed by atoms with E-state index in [9.17, 15) is 5.11 Å². The monoisotopic (exact) mass is 331 g/mol. The number of ether oxygens (including phenoxy) is 1. The van der Waals surface area contributed by atoms with Crippen LogP contribution in [-0.4, -0.2) is 47.3 Å². The Morgan fingerprint density at radius 1 is 1.58 bits per heavy atom. The number of rotatable bonds is 6. The first-order valence-electron chi connectivity index (χ1n) is 6.73. The average molecular weight is 332 g/mol. The zero-order chi connectivity index (χ0) is 13.7. The van der Waals surface area contributed by atoms with Crippen molar-refractivity contribution in [1.82, 2.24) is 15.1 Å². The van der Waals surface area contributed by atoms with Gasteiger partial charge in [-0.05, 0) is 35.7 Å². The molecule has 5 nitrogen and oxygen atoms in total. The Hall–Kier alpha value is -0.430. The van der Waals surface area contributed by atoms with Crippen LogP contribution in [0.1, 0.15) is 19.8 Å². The van der Waals surface area contributed by atoms with Crippen molar-refractivity contribution in [2.75, 3.05) is 26.4 Å². The van der Waals surface area contributed by atoms with Gasteiger partial charge in [-0.3, -0.25) is 4.68 Å². The first-order valence-corrected chi connectivity index (χ1v) is 7.53. The van der Waals surface area contributed by atoms with E-state index >= 15 is 0 Å². The average Bonchev–Trinajstić information content (AvgIpc) is 2.83. The van der Waals surface area contributed by atoms with E-state index in [0.717, 1.165) is 43.6 Å². The maximum atomic E-state index is 9.63. The topological polar surface area (TPSA) is 59.3 Å². The second-order valence-corrected chi connectivity index (χ2v) is 6.35. The molecule has 2 rings (SSSR count). The summed E-state index contributed by atoms with van der Waals surface area (Å²) >= 11 is 3.39. The van der Waals surface area contributed by atoms with E-state index < -0.39 is 0 Å². The quantitative estimate of drug-likeness (QED) is 0.827. The van der Waals surface area contributed by atoms with Gasteiger partial charge in [-0.2, -0.15) is 5.10 Å². The molecule has 0 aliphatic carbocycles. The number of nitrogens with one attached hydrogen (secondary N) is 1. The fourth-order valence-corrected chi connectivity index (χ4v) is 2.70. The molecule has 0 spiro atoms. The van der Waals surface area contributed by atoms with E-state index in [1.165, 1.54) is 0 Å². The largest absolute Gasteiger partial charge is 0.396 e. The fraction of sp³-hybridized carbons (Fsp3) is 0.769. The first-order chi connectivity index (χ1) is 9.13. The molecular formula is C13H22BrN3O2. The fourth-order valence-electron chi connectivity index (χ4n) is 2.37. The third-order valence-corrected chi connectivity index (χ3v) is 4.19. The van der Waals surface area contributed by atoms with Crippen LogP contribution in [0.5, 0.6) is 0 Å². The van der Waals surface area contributed by atoms with Gasteiger partial charge in [-0.15, -0.1) is 0 Å². The van der Waals surface area contributed by atoms with Crippen molar-refractivity contribution >= 4 is 15.9 Å². The van der Waals surface area contributed by atoms with Crippen LogP contribution < -0.4 is 5.32 Å². The van der Waals surface area contributed by atoms with Gasteiger partial charge in [-0.1, -0.05) is 0 Å². The minimum absolute atomic E-state index is 0.0167. The van der Waals surface area contributed by atoms with E-state index in [1.807, 2.05) is 10.9 Å². The lowest BCUT2D eigenvalue weighted by Gasteiger charge is -2.36. The Labute approximate surface area is 122 Å². The van der Waals surface area contributed by atoms with Crippen molar-refractivity contribution in [1.29, 1.82) is 0 Å². The van der Waals surface area contributed by atoms with Crippen LogP contribution >= 0.6 is 15.9 Å². The Morgan fingerprint density at radius 3 is 2.89 bits per heavy atom. The van der Waals surface area contributed by atoms with Crippen LogP contribution in [-0.2, 0) is 11.3 Å². The summed E-state index contributed by atoms with van der Waals surface area (Å²) in [6.45, 7) is 5.52. The maximum absolute atomic E-state index is 9.63. The maximum Gasteiger partial charge on any atom is 0.0632 e. The number of hydrogen-bond donors (Lipinski definition) is 2. The Bertz CT molecular complexity index is 391. The van der Waals surface area contributed by atoms with Gasteiger partial charge in [-0.25, -0.2) is 0 Å². The summed E-state index contributed by atoms with van der Waals surface area (Å²) in [4.78, 5) is 0. The molecule has 1 saturated heterocycles. The number of hydrogen-bond acceptors (Lipinski definition) is 4. The molecule has 0 aromatic carbocycles. The minimum atomic E-state index is -0.0167. The Kier molecular flexibility index (Phi) is 5.38. The van der Waals surface area contributed by atoms with E-state index in [1.54, 1.807) is 6.20 Å². The molecule has 1 unspecified atom stereocenters. The Balaban J connectivity index is 1.80. The van der Waals surface area contributed by atoms with Crippen LogP contribution in [0.2, 0.25) is 0 Å². The standard InChI is InChI=1S/C13H22BrN3O2/c1-11(7-17-8-12(14)6-16-17)15-9-13(10-18)2-4-19-5-3-13/h6,8,11,15,18H,2-5,7,9-10H2,1H3. The van der Waals surface area contributed by atoms with E-state index in [-0.39, 0.29) is 12.0 Å². The van der Waals surface area contributed by atoms with Crippen molar-refractivity contribution in [3.63, 3.8) is 0 Å². The molecule has 1 aliphatic heterocycles. The molecule has 1 aromatic rings. The van der Waals surface area contributed by atoms with Gasteiger partial charge in [0.25, 0.3) is 0 Å². The summed E-state index contributed by atoms with van der Waals surface area (Å²) in [6, 6.07) is 0.318. The van der Waals surface area contributed by atoms with E-state index in [0.29, 0.717) is 6.04 Å². The third kappa shape index (κ3) is 4.27. The number of halogens is 1. The lowest BCUT2D eigenvalue weighted by molar-refractivity contribution is -0.0165. The van der Waals surface area contributed by atoms with Crippen molar-refractivity contribution < 1.29 is 9.84 Å². The minimum Gasteiger partial charge on any atom is -0.396 e. The van der Waals surface area contributed by atoms with Gasteiger partial charge in [0.1, 0.15) is 0 Å². The predicted octanol–water partition coefficient (Wildman–Crippen LogP) is 1.41. The van der Waals surface area contributed by atoms with E-state index in [4.69, 9.17) is 4.74 Å². The highest BCUT2D eigenvalue weighted by Crippen LogP contribution is 2.29. The highest BCUT2D eigenvalue weighted by atomic mass is 79.9. The smallest absolute Gasteiger partial charge is 0.0632 e. The highest BCUT2D eigenvalue weighted by Gasteiger charge is 2.31. The van der Waals surface area contributed by atoms with Crippen molar-refractivity contribution in [3.8, 4) is 0 Å². The second-order valence-electron chi connectivity index (χ2n) is 5.43. The molecule has 19 heavy (non-hydrogen) atoms. The van der Waals surface area contributed by atoms with Crippen LogP contribution in [0.3, 0.4) is 0 Å². The van der Waals surface area contributed by atoms with Crippen LogP contribution in [0.25, 0.3) is 0 Å². The SMILES string of the molecule is CC(Cn1cc(Br)cn1)NCC1(CO)CCOCC1. The van der Waals surface area contributed by atoms with Crippen LogP contribution in [0.4, 0.5) is 0 Å². The molecular weight excluding hydrogens is 310 g/mol. The lowest BCUT2D eigenvalue weighted by Crippen LogP contribution is -2.45. The molecule has 2 heterocycles. The molecule has 0 amide bonds. The predicted molar refractivity (Wildman–Crippen MR) is 77.0 cm³/mol. The molecule has 1 aromatic heterocycles. The number of aromatic nitrogens is 2. The molecule has 0 bridgehead atoms. The Morgan fingerprint density at radius 2 is 2.32 bits per heavy atom. The zero-order valence-corrected chi connectivity index (χ0v) is 12.9. The third-order valence-electron chi connectivity index (χ3n) is 3.78. The second kappa shape index (κ2) is 6.83.